The van der Waals surface area contributed by atoms with E-state index in [0.717, 1.165) is 31.5 Å². The molecule has 5 nitrogen and oxygen atoms in total. The van der Waals surface area contributed by atoms with Gasteiger partial charge in [0.25, 0.3) is 0 Å². The Morgan fingerprint density at radius 3 is 1.98 bits per heavy atom. The summed E-state index contributed by atoms with van der Waals surface area (Å²) in [5.41, 5.74) is -1.71. The van der Waals surface area contributed by atoms with Gasteiger partial charge in [0.05, 0.1) is 23.2 Å². The lowest BCUT2D eigenvalue weighted by atomic mass is 9.87. The summed E-state index contributed by atoms with van der Waals surface area (Å²) < 4.78 is 95.2. The van der Waals surface area contributed by atoms with Crippen molar-refractivity contribution < 1.29 is 35.5 Å². The molecule has 4 rings (SSSR count). The van der Waals surface area contributed by atoms with Gasteiger partial charge in [0.2, 0.25) is 0 Å². The standard InChI is InChI=1S/C31H39F7N4O/c1-19-14-24(32)6-7-27(19)28-18-26(41(5)25-8-11-39(3)12-9-25)10-13-42(28)29(43)40(4)20(2)21-15-22(30(33,34)35)17-23(16-21)31(36,37)38/h6-7,14-17,20,25-26,28H,8-13,18H2,1-5H3/t20-,26?,28-/m1/s1. The molecule has 2 fully saturated rings. The third-order valence-electron chi connectivity index (χ3n) is 9.23. The second-order valence-electron chi connectivity index (χ2n) is 12.0. The number of hydrogen-bond acceptors (Lipinski definition) is 3. The minimum Gasteiger partial charge on any atom is -0.321 e. The third-order valence-corrected chi connectivity index (χ3v) is 9.23. The van der Waals surface area contributed by atoms with Gasteiger partial charge in [-0.25, -0.2) is 9.18 Å². The van der Waals surface area contributed by atoms with Crippen molar-refractivity contribution in [1.29, 1.82) is 0 Å². The van der Waals surface area contributed by atoms with Crippen molar-refractivity contribution in [2.75, 3.05) is 40.8 Å². The largest absolute Gasteiger partial charge is 0.416 e. The Bertz CT molecular complexity index is 1260. The molecular formula is C31H39F7N4O. The lowest BCUT2D eigenvalue weighted by molar-refractivity contribution is -0.143. The molecule has 12 heteroatoms. The van der Waals surface area contributed by atoms with E-state index in [1.54, 1.807) is 17.9 Å². The number of urea groups is 1. The number of carbonyl (C=O) groups excluding carboxylic acids is 1. The van der Waals surface area contributed by atoms with Crippen LogP contribution in [0, 0.1) is 12.7 Å². The molecule has 0 aliphatic carbocycles. The Labute approximate surface area is 248 Å². The molecule has 0 saturated carbocycles. The van der Waals surface area contributed by atoms with E-state index in [1.807, 2.05) is 0 Å². The smallest absolute Gasteiger partial charge is 0.321 e. The summed E-state index contributed by atoms with van der Waals surface area (Å²) in [5.74, 6) is -0.411. The molecule has 43 heavy (non-hydrogen) atoms. The number of hydrogen-bond donors (Lipinski definition) is 0. The number of halogens is 7. The first-order chi connectivity index (χ1) is 20.0. The van der Waals surface area contributed by atoms with Crippen LogP contribution in [0.2, 0.25) is 0 Å². The summed E-state index contributed by atoms with van der Waals surface area (Å²) in [6, 6.07) is 4.23. The van der Waals surface area contributed by atoms with E-state index in [0.29, 0.717) is 43.1 Å². The summed E-state index contributed by atoms with van der Waals surface area (Å²) in [4.78, 5) is 21.4. The quantitative estimate of drug-likeness (QED) is 0.326. The Hall–Kier alpha value is -2.86. The lowest BCUT2D eigenvalue weighted by Crippen LogP contribution is -2.53. The maximum absolute atomic E-state index is 14.0. The van der Waals surface area contributed by atoms with E-state index < -0.39 is 47.4 Å². The first kappa shape index (κ1) is 33.0. The summed E-state index contributed by atoms with van der Waals surface area (Å²) in [6.45, 7) is 5.48. The molecule has 2 saturated heterocycles. The van der Waals surface area contributed by atoms with Crippen LogP contribution < -0.4 is 0 Å². The van der Waals surface area contributed by atoms with Crippen LogP contribution in [0.15, 0.2) is 36.4 Å². The molecule has 2 aromatic carbocycles. The zero-order chi connectivity index (χ0) is 31.9. The van der Waals surface area contributed by atoms with E-state index in [4.69, 9.17) is 0 Å². The van der Waals surface area contributed by atoms with E-state index in [2.05, 4.69) is 23.9 Å². The molecule has 2 aromatic rings. The highest BCUT2D eigenvalue weighted by Gasteiger charge is 2.40. The van der Waals surface area contributed by atoms with Gasteiger partial charge >= 0.3 is 18.4 Å². The SMILES string of the molecule is Cc1cc(F)ccc1[C@H]1CC(N(C)C2CCN(C)CC2)CCN1C(=O)N(C)[C@H](C)c1cc(C(F)(F)F)cc(C(F)(F)F)c1. The Kier molecular flexibility index (Phi) is 9.71. The fourth-order valence-electron chi connectivity index (χ4n) is 6.37. The maximum atomic E-state index is 14.0. The number of benzene rings is 2. The van der Waals surface area contributed by atoms with Crippen molar-refractivity contribution in [2.24, 2.45) is 0 Å². The molecule has 0 N–H and O–H groups in total. The van der Waals surface area contributed by atoms with E-state index >= 15 is 0 Å². The fourth-order valence-corrected chi connectivity index (χ4v) is 6.37. The number of alkyl halides is 6. The molecule has 0 spiro atoms. The summed E-state index contributed by atoms with van der Waals surface area (Å²) in [7, 11) is 5.56. The van der Waals surface area contributed by atoms with Crippen molar-refractivity contribution >= 4 is 6.03 Å². The van der Waals surface area contributed by atoms with Crippen LogP contribution in [0.4, 0.5) is 35.5 Å². The average Bonchev–Trinajstić information content (AvgIpc) is 2.94. The highest BCUT2D eigenvalue weighted by atomic mass is 19.4. The van der Waals surface area contributed by atoms with Crippen LogP contribution in [0.1, 0.15) is 72.5 Å². The first-order valence-corrected chi connectivity index (χ1v) is 14.5. The highest BCUT2D eigenvalue weighted by Crippen LogP contribution is 2.40. The van der Waals surface area contributed by atoms with Gasteiger partial charge in [-0.1, -0.05) is 6.07 Å². The molecular weight excluding hydrogens is 577 g/mol. The van der Waals surface area contributed by atoms with Gasteiger partial charge in [0.1, 0.15) is 5.82 Å². The Morgan fingerprint density at radius 2 is 1.44 bits per heavy atom. The maximum Gasteiger partial charge on any atom is 0.416 e. The van der Waals surface area contributed by atoms with Crippen molar-refractivity contribution in [3.05, 3.63) is 70.0 Å². The third kappa shape index (κ3) is 7.45. The number of amides is 2. The molecule has 1 unspecified atom stereocenters. The predicted octanol–water partition coefficient (Wildman–Crippen LogP) is 7.52. The van der Waals surface area contributed by atoms with E-state index in [1.165, 1.54) is 31.0 Å². The normalized spacial score (nSPS) is 21.7. The van der Waals surface area contributed by atoms with Gasteiger partial charge in [-0.2, -0.15) is 26.3 Å². The fraction of sp³-hybridized carbons (Fsp3) is 0.581. The number of piperidine rings is 2. The van der Waals surface area contributed by atoms with Gasteiger partial charge in [-0.3, -0.25) is 0 Å². The zero-order valence-corrected chi connectivity index (χ0v) is 25.1. The first-order valence-electron chi connectivity index (χ1n) is 14.5. The molecule has 2 aliphatic rings. The van der Waals surface area contributed by atoms with E-state index in [9.17, 15) is 35.5 Å². The van der Waals surface area contributed by atoms with Crippen LogP contribution in [0.5, 0.6) is 0 Å². The second kappa shape index (κ2) is 12.6. The van der Waals surface area contributed by atoms with Gasteiger partial charge in [-0.15, -0.1) is 0 Å². The molecule has 0 aromatic heterocycles. The van der Waals surface area contributed by atoms with Crippen LogP contribution in [0.3, 0.4) is 0 Å². The molecule has 0 bridgehead atoms. The van der Waals surface area contributed by atoms with Crippen molar-refractivity contribution in [3.8, 4) is 0 Å². The van der Waals surface area contributed by atoms with Gasteiger partial charge < -0.3 is 19.6 Å². The van der Waals surface area contributed by atoms with Gasteiger partial charge in [0.15, 0.2) is 0 Å². The summed E-state index contributed by atoms with van der Waals surface area (Å²) in [6.07, 6.45) is -6.75. The lowest BCUT2D eigenvalue weighted by Gasteiger charge is -2.47. The van der Waals surface area contributed by atoms with Gasteiger partial charge in [0, 0.05) is 25.7 Å². The Balaban J connectivity index is 1.63. The molecule has 2 heterocycles. The highest BCUT2D eigenvalue weighted by molar-refractivity contribution is 5.75. The Morgan fingerprint density at radius 1 is 0.884 bits per heavy atom. The van der Waals surface area contributed by atoms with Crippen molar-refractivity contribution in [2.45, 2.75) is 76.1 Å². The molecule has 2 amide bonds. The molecule has 2 aliphatic heterocycles. The summed E-state index contributed by atoms with van der Waals surface area (Å²) in [5, 5.41) is 0. The predicted molar refractivity (Wildman–Crippen MR) is 150 cm³/mol. The average molecular weight is 617 g/mol. The second-order valence-corrected chi connectivity index (χ2v) is 12.0. The number of likely N-dealkylation sites (tertiary alicyclic amines) is 2. The molecule has 3 atom stereocenters. The van der Waals surface area contributed by atoms with Crippen LogP contribution in [-0.4, -0.2) is 78.5 Å². The summed E-state index contributed by atoms with van der Waals surface area (Å²) >= 11 is 0. The minimum absolute atomic E-state index is 0.0804. The van der Waals surface area contributed by atoms with Crippen molar-refractivity contribution in [3.63, 3.8) is 0 Å². The van der Waals surface area contributed by atoms with Gasteiger partial charge in [-0.05, 0) is 114 Å². The molecule has 238 valence electrons. The van der Waals surface area contributed by atoms with E-state index in [-0.39, 0.29) is 17.7 Å². The van der Waals surface area contributed by atoms with Crippen LogP contribution >= 0.6 is 0 Å². The number of nitrogens with zero attached hydrogens (tertiary/aromatic N) is 4. The van der Waals surface area contributed by atoms with Crippen molar-refractivity contribution in [1.82, 2.24) is 19.6 Å². The topological polar surface area (TPSA) is 30.0 Å². The monoisotopic (exact) mass is 616 g/mol. The number of rotatable bonds is 5. The zero-order valence-electron chi connectivity index (χ0n) is 25.1. The minimum atomic E-state index is -4.99. The molecule has 0 radical (unpaired) electrons. The number of aryl methyl sites for hydroxylation is 1. The van der Waals surface area contributed by atoms with Crippen LogP contribution in [-0.2, 0) is 12.4 Å². The number of carbonyl (C=O) groups is 1. The van der Waals surface area contributed by atoms with Crippen LogP contribution in [0.25, 0.3) is 0 Å².